The van der Waals surface area contributed by atoms with Gasteiger partial charge in [0, 0.05) is 24.2 Å². The van der Waals surface area contributed by atoms with Gasteiger partial charge in [0.2, 0.25) is 5.88 Å². The third kappa shape index (κ3) is 4.30. The van der Waals surface area contributed by atoms with E-state index in [9.17, 15) is 9.59 Å². The number of hydrogen-bond acceptors (Lipinski definition) is 5. The summed E-state index contributed by atoms with van der Waals surface area (Å²) < 4.78 is 10.1. The van der Waals surface area contributed by atoms with Crippen LogP contribution in [-0.4, -0.2) is 23.3 Å². The topological polar surface area (TPSA) is 65.5 Å². The molecule has 0 aliphatic rings. The van der Waals surface area contributed by atoms with Crippen LogP contribution in [0.15, 0.2) is 42.6 Å². The zero-order valence-corrected chi connectivity index (χ0v) is 12.7. The number of para-hydroxylation sites is 1. The Balaban J connectivity index is 2.19. The number of aryl methyl sites for hydroxylation is 1. The predicted octanol–water partition coefficient (Wildman–Crippen LogP) is 3.36. The van der Waals surface area contributed by atoms with Crippen molar-refractivity contribution >= 4 is 22.8 Å². The van der Waals surface area contributed by atoms with Gasteiger partial charge in [-0.1, -0.05) is 18.2 Å². The zero-order valence-electron chi connectivity index (χ0n) is 11.9. The third-order valence-corrected chi connectivity index (χ3v) is 3.17. The van der Waals surface area contributed by atoms with E-state index in [2.05, 4.69) is 9.72 Å². The lowest BCUT2D eigenvalue weighted by molar-refractivity contribution is -0.140. The van der Waals surface area contributed by atoms with Crippen molar-refractivity contribution in [2.24, 2.45) is 0 Å². The first-order chi connectivity index (χ1) is 10.6. The van der Waals surface area contributed by atoms with Crippen molar-refractivity contribution in [2.45, 2.75) is 12.8 Å². The van der Waals surface area contributed by atoms with E-state index in [0.717, 1.165) is 0 Å². The molecular weight excluding hydrogens is 306 g/mol. The summed E-state index contributed by atoms with van der Waals surface area (Å²) in [7, 11) is 1.31. The highest BCUT2D eigenvalue weighted by Gasteiger charge is 2.14. The minimum Gasteiger partial charge on any atom is -0.469 e. The van der Waals surface area contributed by atoms with E-state index in [1.807, 2.05) is 18.2 Å². The largest absolute Gasteiger partial charge is 0.469 e. The Kier molecular flexibility index (Phi) is 5.49. The molecule has 1 heterocycles. The number of carbonyl (C=O) groups is 2. The van der Waals surface area contributed by atoms with E-state index in [1.165, 1.54) is 19.4 Å². The summed E-state index contributed by atoms with van der Waals surface area (Å²) in [6.45, 7) is 0. The number of methoxy groups -OCH3 is 1. The van der Waals surface area contributed by atoms with Crippen molar-refractivity contribution in [3.63, 3.8) is 0 Å². The number of nitrogens with zero attached hydrogens (tertiary/aromatic N) is 1. The van der Waals surface area contributed by atoms with Crippen LogP contribution in [0.25, 0.3) is 0 Å². The summed E-state index contributed by atoms with van der Waals surface area (Å²) in [5.74, 6) is 0.500. The zero-order chi connectivity index (χ0) is 15.9. The number of halogens is 1. The maximum atomic E-state index is 11.6. The summed E-state index contributed by atoms with van der Waals surface area (Å²) in [6.07, 6.45) is 1.95. The Morgan fingerprint density at radius 3 is 2.59 bits per heavy atom. The molecule has 0 bridgehead atoms. The summed E-state index contributed by atoms with van der Waals surface area (Å²) >= 11 is 5.59. The van der Waals surface area contributed by atoms with Crippen LogP contribution in [-0.2, 0) is 16.0 Å². The molecule has 5 nitrogen and oxygen atoms in total. The first kappa shape index (κ1) is 16.0. The Bertz CT molecular complexity index is 673. The van der Waals surface area contributed by atoms with Gasteiger partial charge in [-0.2, -0.15) is 0 Å². The molecule has 1 aromatic carbocycles. The highest BCUT2D eigenvalue weighted by molar-refractivity contribution is 6.67. The molecule has 0 fully saturated rings. The first-order valence-corrected chi connectivity index (χ1v) is 6.96. The molecular formula is C16H14ClNO4. The average molecular weight is 320 g/mol. The van der Waals surface area contributed by atoms with Gasteiger partial charge < -0.3 is 9.47 Å². The van der Waals surface area contributed by atoms with Gasteiger partial charge in [-0.05, 0) is 35.7 Å². The minimum absolute atomic E-state index is 0.147. The second-order valence-corrected chi connectivity index (χ2v) is 4.79. The number of carbonyl (C=O) groups excluding carboxylic acids is 2. The Morgan fingerprint density at radius 1 is 1.23 bits per heavy atom. The molecule has 2 aromatic rings. The number of aromatic nitrogens is 1. The van der Waals surface area contributed by atoms with E-state index in [0.29, 0.717) is 17.7 Å². The lowest BCUT2D eigenvalue weighted by Crippen LogP contribution is -2.06. The van der Waals surface area contributed by atoms with E-state index >= 15 is 0 Å². The molecule has 22 heavy (non-hydrogen) atoms. The summed E-state index contributed by atoms with van der Waals surface area (Å²) in [5, 5.41) is -0.625. The maximum Gasteiger partial charge on any atom is 0.305 e. The Hall–Kier alpha value is -2.40. The van der Waals surface area contributed by atoms with E-state index in [4.69, 9.17) is 16.3 Å². The lowest BCUT2D eigenvalue weighted by Gasteiger charge is -2.09. The molecule has 0 unspecified atom stereocenters. The van der Waals surface area contributed by atoms with Crippen LogP contribution < -0.4 is 4.74 Å². The summed E-state index contributed by atoms with van der Waals surface area (Å²) in [5.41, 5.74) is 0.845. The highest BCUT2D eigenvalue weighted by Crippen LogP contribution is 2.23. The predicted molar refractivity (Wildman–Crippen MR) is 81.3 cm³/mol. The van der Waals surface area contributed by atoms with Crippen LogP contribution in [0.5, 0.6) is 11.6 Å². The van der Waals surface area contributed by atoms with Crippen molar-refractivity contribution in [2.75, 3.05) is 7.11 Å². The van der Waals surface area contributed by atoms with Crippen LogP contribution in [0.2, 0.25) is 0 Å². The Morgan fingerprint density at radius 2 is 1.95 bits per heavy atom. The smallest absolute Gasteiger partial charge is 0.305 e. The number of benzene rings is 1. The molecule has 0 saturated heterocycles. The van der Waals surface area contributed by atoms with Crippen molar-refractivity contribution in [3.8, 4) is 11.6 Å². The first-order valence-electron chi connectivity index (χ1n) is 6.58. The number of pyridine rings is 1. The van der Waals surface area contributed by atoms with Gasteiger partial charge in [0.05, 0.1) is 7.11 Å². The molecule has 1 aromatic heterocycles. The highest BCUT2D eigenvalue weighted by atomic mass is 35.5. The van der Waals surface area contributed by atoms with Gasteiger partial charge in [0.1, 0.15) is 5.75 Å². The summed E-state index contributed by atoms with van der Waals surface area (Å²) in [4.78, 5) is 26.9. The molecule has 6 heteroatoms. The fourth-order valence-corrected chi connectivity index (χ4v) is 2.03. The number of esters is 1. The van der Waals surface area contributed by atoms with Crippen molar-refractivity contribution in [1.82, 2.24) is 4.98 Å². The van der Waals surface area contributed by atoms with Gasteiger partial charge in [-0.15, -0.1) is 0 Å². The Labute approximate surface area is 132 Å². The molecule has 0 spiro atoms. The van der Waals surface area contributed by atoms with Crippen LogP contribution in [0.4, 0.5) is 0 Å². The second kappa shape index (κ2) is 7.56. The van der Waals surface area contributed by atoms with Gasteiger partial charge >= 0.3 is 5.97 Å². The molecule has 0 radical (unpaired) electrons. The molecule has 0 aliphatic heterocycles. The van der Waals surface area contributed by atoms with Crippen LogP contribution >= 0.6 is 11.6 Å². The quantitative estimate of drug-likeness (QED) is 0.603. The monoisotopic (exact) mass is 319 g/mol. The van der Waals surface area contributed by atoms with Crippen molar-refractivity contribution in [3.05, 3.63) is 53.7 Å². The maximum absolute atomic E-state index is 11.6. The van der Waals surface area contributed by atoms with Gasteiger partial charge in [-0.25, -0.2) is 4.98 Å². The van der Waals surface area contributed by atoms with E-state index in [-0.39, 0.29) is 23.8 Å². The normalized spacial score (nSPS) is 10.1. The third-order valence-electron chi connectivity index (χ3n) is 2.96. The molecule has 0 aliphatic carbocycles. The fourth-order valence-electron chi connectivity index (χ4n) is 1.85. The summed E-state index contributed by atoms with van der Waals surface area (Å²) in [6, 6.07) is 10.5. The van der Waals surface area contributed by atoms with Crippen molar-refractivity contribution < 1.29 is 19.1 Å². The fraction of sp³-hybridized carbons (Fsp3) is 0.188. The van der Waals surface area contributed by atoms with Gasteiger partial charge in [0.15, 0.2) is 0 Å². The van der Waals surface area contributed by atoms with Crippen LogP contribution in [0, 0.1) is 0 Å². The second-order valence-electron chi connectivity index (χ2n) is 4.44. The van der Waals surface area contributed by atoms with Gasteiger partial charge in [-0.3, -0.25) is 9.59 Å². The average Bonchev–Trinajstić information content (AvgIpc) is 2.54. The standard InChI is InChI=1S/C16H14ClNO4/c1-21-15(19)8-7-11-10-18-14(9-13(11)16(17)20)22-12-5-3-2-4-6-12/h2-6,9-10H,7-8H2,1H3. The number of rotatable bonds is 6. The molecule has 0 saturated carbocycles. The minimum atomic E-state index is -0.625. The van der Waals surface area contributed by atoms with E-state index in [1.54, 1.807) is 12.1 Å². The van der Waals surface area contributed by atoms with Crippen LogP contribution in [0.1, 0.15) is 22.3 Å². The molecule has 0 atom stereocenters. The van der Waals surface area contributed by atoms with Crippen LogP contribution in [0.3, 0.4) is 0 Å². The van der Waals surface area contributed by atoms with Gasteiger partial charge in [0.25, 0.3) is 5.24 Å². The molecule has 2 rings (SSSR count). The number of hydrogen-bond donors (Lipinski definition) is 0. The lowest BCUT2D eigenvalue weighted by atomic mass is 10.1. The van der Waals surface area contributed by atoms with E-state index < -0.39 is 5.24 Å². The molecule has 0 amide bonds. The molecule has 0 N–H and O–H groups in total. The number of ether oxygens (including phenoxy) is 2. The molecule has 114 valence electrons. The SMILES string of the molecule is COC(=O)CCc1cnc(Oc2ccccc2)cc1C(=O)Cl. The van der Waals surface area contributed by atoms with Crippen molar-refractivity contribution in [1.29, 1.82) is 0 Å².